The lowest BCUT2D eigenvalue weighted by molar-refractivity contribution is 0.730. The standard InChI is InChI=1S/C17H17/c1-3-12(2)14-9-6-10-16-15-8-5-4-7-13(15)11-17(14)16/h4-12H,3H2,1-2H3. The zero-order valence-electron chi connectivity index (χ0n) is 10.4. The predicted molar refractivity (Wildman–Crippen MR) is 73.1 cm³/mol. The molecule has 0 heteroatoms. The largest absolute Gasteiger partial charge is 0.0648 e. The van der Waals surface area contributed by atoms with Crippen LogP contribution in [0.25, 0.3) is 11.1 Å². The first-order valence-electron chi connectivity index (χ1n) is 6.38. The Bertz CT molecular complexity index is 552. The van der Waals surface area contributed by atoms with Crippen molar-refractivity contribution in [3.63, 3.8) is 0 Å². The third-order valence-corrected chi connectivity index (χ3v) is 3.83. The molecule has 0 spiro atoms. The highest BCUT2D eigenvalue weighted by Crippen LogP contribution is 2.41. The first-order chi connectivity index (χ1) is 8.31. The average Bonchev–Trinajstić information content (AvgIpc) is 2.76. The SMILES string of the molecule is CCC(C)c1cccc2c1[CH]c1ccccc1-2. The van der Waals surface area contributed by atoms with Gasteiger partial charge in [-0.05, 0) is 40.2 Å². The van der Waals surface area contributed by atoms with Crippen molar-refractivity contribution in [1.29, 1.82) is 0 Å². The Hall–Kier alpha value is -1.56. The summed E-state index contributed by atoms with van der Waals surface area (Å²) >= 11 is 0. The van der Waals surface area contributed by atoms with E-state index in [4.69, 9.17) is 0 Å². The lowest BCUT2D eigenvalue weighted by Gasteiger charge is -2.14. The Morgan fingerprint density at radius 1 is 0.941 bits per heavy atom. The number of rotatable bonds is 2. The van der Waals surface area contributed by atoms with Crippen molar-refractivity contribution in [3.05, 3.63) is 65.6 Å². The minimum atomic E-state index is 0.635. The van der Waals surface area contributed by atoms with Gasteiger partial charge in [0.25, 0.3) is 0 Å². The van der Waals surface area contributed by atoms with Crippen molar-refractivity contribution < 1.29 is 0 Å². The number of fused-ring (bicyclic) bond motifs is 3. The first kappa shape index (κ1) is 10.6. The second-order valence-corrected chi connectivity index (χ2v) is 4.85. The zero-order valence-corrected chi connectivity index (χ0v) is 10.4. The van der Waals surface area contributed by atoms with Gasteiger partial charge in [0.1, 0.15) is 0 Å². The Morgan fingerprint density at radius 3 is 2.53 bits per heavy atom. The molecule has 0 nitrogen and oxygen atoms in total. The number of hydrogen-bond acceptors (Lipinski definition) is 0. The fourth-order valence-corrected chi connectivity index (χ4v) is 2.65. The van der Waals surface area contributed by atoms with Gasteiger partial charge < -0.3 is 0 Å². The Morgan fingerprint density at radius 2 is 1.71 bits per heavy atom. The van der Waals surface area contributed by atoms with Crippen molar-refractivity contribution in [3.8, 4) is 11.1 Å². The van der Waals surface area contributed by atoms with Crippen LogP contribution in [0.4, 0.5) is 0 Å². The van der Waals surface area contributed by atoms with Gasteiger partial charge in [0.15, 0.2) is 0 Å². The van der Waals surface area contributed by atoms with Crippen LogP contribution >= 0.6 is 0 Å². The molecule has 0 saturated carbocycles. The van der Waals surface area contributed by atoms with Gasteiger partial charge in [-0.15, -0.1) is 0 Å². The van der Waals surface area contributed by atoms with E-state index in [1.807, 2.05) is 0 Å². The first-order valence-corrected chi connectivity index (χ1v) is 6.38. The highest BCUT2D eigenvalue weighted by Gasteiger charge is 2.21. The third kappa shape index (κ3) is 1.59. The molecule has 85 valence electrons. The summed E-state index contributed by atoms with van der Waals surface area (Å²) in [5.74, 6) is 0.635. The molecule has 1 unspecified atom stereocenters. The number of hydrogen-bond donors (Lipinski definition) is 0. The lowest BCUT2D eigenvalue weighted by Crippen LogP contribution is -1.96. The highest BCUT2D eigenvalue weighted by atomic mass is 14.3. The van der Waals surface area contributed by atoms with Gasteiger partial charge >= 0.3 is 0 Å². The fraction of sp³-hybridized carbons (Fsp3) is 0.235. The molecule has 1 aliphatic carbocycles. The molecule has 3 rings (SSSR count). The minimum absolute atomic E-state index is 0.635. The summed E-state index contributed by atoms with van der Waals surface area (Å²) in [5, 5.41) is 0. The zero-order chi connectivity index (χ0) is 11.8. The van der Waals surface area contributed by atoms with Crippen LogP contribution in [0.2, 0.25) is 0 Å². The highest BCUT2D eigenvalue weighted by molar-refractivity contribution is 5.82. The van der Waals surface area contributed by atoms with E-state index in [9.17, 15) is 0 Å². The van der Waals surface area contributed by atoms with E-state index in [1.165, 1.54) is 34.2 Å². The second-order valence-electron chi connectivity index (χ2n) is 4.85. The molecule has 0 aromatic heterocycles. The van der Waals surface area contributed by atoms with Gasteiger partial charge in [-0.3, -0.25) is 0 Å². The van der Waals surface area contributed by atoms with E-state index in [2.05, 4.69) is 62.7 Å². The summed E-state index contributed by atoms with van der Waals surface area (Å²) in [5.41, 5.74) is 7.06. The van der Waals surface area contributed by atoms with Crippen LogP contribution in [0.15, 0.2) is 42.5 Å². The molecular formula is C17H17. The van der Waals surface area contributed by atoms with Gasteiger partial charge in [-0.2, -0.15) is 0 Å². The molecule has 1 aliphatic rings. The maximum absolute atomic E-state index is 2.34. The summed E-state index contributed by atoms with van der Waals surface area (Å²) in [6, 6.07) is 15.4. The van der Waals surface area contributed by atoms with E-state index in [1.54, 1.807) is 0 Å². The van der Waals surface area contributed by atoms with Gasteiger partial charge in [0, 0.05) is 6.42 Å². The van der Waals surface area contributed by atoms with Crippen LogP contribution in [0.1, 0.15) is 42.9 Å². The second kappa shape index (κ2) is 4.03. The summed E-state index contributed by atoms with van der Waals surface area (Å²) < 4.78 is 0. The van der Waals surface area contributed by atoms with Crippen molar-refractivity contribution in [2.24, 2.45) is 0 Å². The third-order valence-electron chi connectivity index (χ3n) is 3.83. The van der Waals surface area contributed by atoms with Crippen LogP contribution in [-0.4, -0.2) is 0 Å². The summed E-state index contributed by atoms with van der Waals surface area (Å²) in [4.78, 5) is 0. The molecule has 0 fully saturated rings. The van der Waals surface area contributed by atoms with Crippen LogP contribution in [-0.2, 0) is 0 Å². The van der Waals surface area contributed by atoms with Crippen molar-refractivity contribution in [2.45, 2.75) is 26.2 Å². The molecule has 0 heterocycles. The van der Waals surface area contributed by atoms with Gasteiger partial charge in [-0.25, -0.2) is 0 Å². The fourth-order valence-electron chi connectivity index (χ4n) is 2.65. The molecule has 1 atom stereocenters. The van der Waals surface area contributed by atoms with Crippen molar-refractivity contribution >= 4 is 0 Å². The average molecular weight is 221 g/mol. The topological polar surface area (TPSA) is 0 Å². The van der Waals surface area contributed by atoms with E-state index in [0.29, 0.717) is 5.92 Å². The van der Waals surface area contributed by atoms with Crippen LogP contribution in [0.5, 0.6) is 0 Å². The van der Waals surface area contributed by atoms with Gasteiger partial charge in [0.2, 0.25) is 0 Å². The lowest BCUT2D eigenvalue weighted by atomic mass is 9.91. The molecule has 2 aromatic carbocycles. The summed E-state index contributed by atoms with van der Waals surface area (Å²) in [7, 11) is 0. The normalized spacial score (nSPS) is 14.2. The van der Waals surface area contributed by atoms with E-state index in [-0.39, 0.29) is 0 Å². The molecule has 0 aliphatic heterocycles. The Kier molecular flexibility index (Phi) is 2.51. The van der Waals surface area contributed by atoms with Crippen molar-refractivity contribution in [1.82, 2.24) is 0 Å². The van der Waals surface area contributed by atoms with Crippen molar-refractivity contribution in [2.75, 3.05) is 0 Å². The smallest absolute Gasteiger partial charge is 0.0214 e. The summed E-state index contributed by atoms with van der Waals surface area (Å²) in [6.45, 7) is 4.57. The molecular weight excluding hydrogens is 204 g/mol. The molecule has 0 saturated heterocycles. The maximum Gasteiger partial charge on any atom is 0.0214 e. The molecule has 0 bridgehead atoms. The van der Waals surface area contributed by atoms with Crippen LogP contribution in [0.3, 0.4) is 0 Å². The van der Waals surface area contributed by atoms with E-state index >= 15 is 0 Å². The monoisotopic (exact) mass is 221 g/mol. The quantitative estimate of drug-likeness (QED) is 0.584. The van der Waals surface area contributed by atoms with Gasteiger partial charge in [0.05, 0.1) is 0 Å². The predicted octanol–water partition coefficient (Wildman–Crippen LogP) is 4.78. The van der Waals surface area contributed by atoms with E-state index < -0.39 is 0 Å². The Balaban J connectivity index is 2.17. The van der Waals surface area contributed by atoms with Gasteiger partial charge in [-0.1, -0.05) is 56.3 Å². The molecule has 0 amide bonds. The maximum atomic E-state index is 2.34. The van der Waals surface area contributed by atoms with Crippen LogP contribution in [0, 0.1) is 6.42 Å². The minimum Gasteiger partial charge on any atom is -0.0648 e. The molecule has 2 aromatic rings. The number of benzene rings is 2. The molecule has 1 radical (unpaired) electrons. The Labute approximate surface area is 103 Å². The molecule has 17 heavy (non-hydrogen) atoms. The summed E-state index contributed by atoms with van der Waals surface area (Å²) in [6.07, 6.45) is 3.53. The van der Waals surface area contributed by atoms with E-state index in [0.717, 1.165) is 0 Å². The van der Waals surface area contributed by atoms with Crippen LogP contribution < -0.4 is 0 Å². The molecule has 0 N–H and O–H groups in total.